The van der Waals surface area contributed by atoms with Gasteiger partial charge in [-0.1, -0.05) is 35.9 Å². The Labute approximate surface area is 194 Å². The number of hydrogen-bond donors (Lipinski definition) is 1. The van der Waals surface area contributed by atoms with Crippen molar-refractivity contribution in [3.05, 3.63) is 98.1 Å². The molecule has 3 aromatic rings. The molecular weight excluding hydrogens is 468 g/mol. The van der Waals surface area contributed by atoms with Gasteiger partial charge < -0.3 is 5.11 Å². The van der Waals surface area contributed by atoms with E-state index in [1.807, 2.05) is 0 Å². The van der Waals surface area contributed by atoms with Crippen LogP contribution in [0.5, 0.6) is 0 Å². The maximum Gasteiger partial charge on any atom is 0.336 e. The largest absolute Gasteiger partial charge is 0.478 e. The Kier molecular flexibility index (Phi) is 5.92. The summed E-state index contributed by atoms with van der Waals surface area (Å²) in [7, 11) is -3.82. The molecule has 0 aliphatic carbocycles. The smallest absolute Gasteiger partial charge is 0.336 e. The zero-order valence-corrected chi connectivity index (χ0v) is 18.6. The SMILES string of the molecule is O=C(O)c1cc([N+](=O)[O-])ccc1C=Cc1cccc(S(=O)(=O)N2CCc3cc(Cl)ccc32)c1. The van der Waals surface area contributed by atoms with Crippen LogP contribution in [0.15, 0.2) is 65.6 Å². The average Bonchev–Trinajstić information content (AvgIpc) is 3.21. The van der Waals surface area contributed by atoms with Crippen molar-refractivity contribution in [2.45, 2.75) is 11.3 Å². The molecule has 0 saturated heterocycles. The van der Waals surface area contributed by atoms with E-state index in [-0.39, 0.29) is 21.7 Å². The van der Waals surface area contributed by atoms with Gasteiger partial charge in [0.2, 0.25) is 0 Å². The van der Waals surface area contributed by atoms with Gasteiger partial charge >= 0.3 is 5.97 Å². The van der Waals surface area contributed by atoms with E-state index in [0.29, 0.717) is 29.2 Å². The maximum absolute atomic E-state index is 13.3. The monoisotopic (exact) mass is 484 g/mol. The highest BCUT2D eigenvalue weighted by Crippen LogP contribution is 2.34. The minimum absolute atomic E-state index is 0.0922. The van der Waals surface area contributed by atoms with Gasteiger partial charge in [-0.05, 0) is 59.5 Å². The summed E-state index contributed by atoms with van der Waals surface area (Å²) in [5.74, 6) is -1.30. The number of fused-ring (bicyclic) bond motifs is 1. The number of carboxylic acid groups (broad SMARTS) is 1. The summed E-state index contributed by atoms with van der Waals surface area (Å²) in [5.41, 5.74) is 1.69. The predicted molar refractivity (Wildman–Crippen MR) is 125 cm³/mol. The third kappa shape index (κ3) is 4.46. The van der Waals surface area contributed by atoms with Crippen LogP contribution >= 0.6 is 11.6 Å². The average molecular weight is 485 g/mol. The molecule has 10 heteroatoms. The van der Waals surface area contributed by atoms with E-state index in [4.69, 9.17) is 11.6 Å². The molecule has 4 rings (SSSR count). The summed E-state index contributed by atoms with van der Waals surface area (Å²) in [5, 5.41) is 20.9. The quantitative estimate of drug-likeness (QED) is 0.303. The second-order valence-corrected chi connectivity index (χ2v) is 9.64. The zero-order chi connectivity index (χ0) is 23.8. The van der Waals surface area contributed by atoms with Crippen LogP contribution in [0.2, 0.25) is 5.02 Å². The highest BCUT2D eigenvalue weighted by molar-refractivity contribution is 7.92. The summed E-state index contributed by atoms with van der Waals surface area (Å²) in [6.45, 7) is 0.308. The van der Waals surface area contributed by atoms with Crippen LogP contribution in [0.3, 0.4) is 0 Å². The number of anilines is 1. The first-order valence-electron chi connectivity index (χ1n) is 9.78. The molecule has 168 valence electrons. The first-order valence-corrected chi connectivity index (χ1v) is 11.6. The Balaban J connectivity index is 1.65. The molecule has 0 unspecified atom stereocenters. The maximum atomic E-state index is 13.3. The Bertz CT molecular complexity index is 1420. The van der Waals surface area contributed by atoms with Gasteiger partial charge in [-0.2, -0.15) is 0 Å². The normalized spacial score (nSPS) is 13.3. The van der Waals surface area contributed by atoms with E-state index in [1.165, 1.54) is 34.6 Å². The second kappa shape index (κ2) is 8.68. The predicted octanol–water partition coefficient (Wildman–Crippen LogP) is 4.87. The molecule has 0 bridgehead atoms. The molecule has 1 heterocycles. The van der Waals surface area contributed by atoms with Crippen molar-refractivity contribution in [2.75, 3.05) is 10.8 Å². The number of nitrogens with zero attached hydrogens (tertiary/aromatic N) is 2. The summed E-state index contributed by atoms with van der Waals surface area (Å²) in [6, 6.07) is 14.9. The molecule has 0 amide bonds. The molecule has 3 aromatic carbocycles. The minimum Gasteiger partial charge on any atom is -0.478 e. The van der Waals surface area contributed by atoms with Crippen LogP contribution in [0.25, 0.3) is 12.2 Å². The number of hydrogen-bond acceptors (Lipinski definition) is 5. The van der Waals surface area contributed by atoms with Crippen molar-refractivity contribution in [3.63, 3.8) is 0 Å². The van der Waals surface area contributed by atoms with Crippen molar-refractivity contribution in [1.29, 1.82) is 0 Å². The molecule has 1 aliphatic rings. The van der Waals surface area contributed by atoms with Gasteiger partial charge in [0.25, 0.3) is 15.7 Å². The Morgan fingerprint density at radius 3 is 2.61 bits per heavy atom. The van der Waals surface area contributed by atoms with Crippen molar-refractivity contribution < 1.29 is 23.2 Å². The Morgan fingerprint density at radius 2 is 1.88 bits per heavy atom. The minimum atomic E-state index is -3.82. The van der Waals surface area contributed by atoms with Gasteiger partial charge in [0, 0.05) is 23.7 Å². The van der Waals surface area contributed by atoms with Crippen LogP contribution in [0.4, 0.5) is 11.4 Å². The molecule has 1 aliphatic heterocycles. The van der Waals surface area contributed by atoms with Crippen molar-refractivity contribution >= 4 is 51.1 Å². The third-order valence-corrected chi connectivity index (χ3v) is 7.32. The van der Waals surface area contributed by atoms with E-state index < -0.39 is 20.9 Å². The van der Waals surface area contributed by atoms with Crippen molar-refractivity contribution in [1.82, 2.24) is 0 Å². The number of nitro benzene ring substituents is 1. The lowest BCUT2D eigenvalue weighted by molar-refractivity contribution is -0.384. The van der Waals surface area contributed by atoms with Crippen LogP contribution < -0.4 is 4.31 Å². The lowest BCUT2D eigenvalue weighted by atomic mass is 10.0. The van der Waals surface area contributed by atoms with Crippen LogP contribution in [0.1, 0.15) is 27.0 Å². The van der Waals surface area contributed by atoms with Gasteiger partial charge in [-0.15, -0.1) is 0 Å². The molecule has 1 N–H and O–H groups in total. The number of aromatic carboxylic acids is 1. The molecule has 8 nitrogen and oxygen atoms in total. The molecule has 0 saturated carbocycles. The van der Waals surface area contributed by atoms with Crippen molar-refractivity contribution in [2.24, 2.45) is 0 Å². The topological polar surface area (TPSA) is 118 Å². The number of carbonyl (C=O) groups is 1. The molecule has 0 radical (unpaired) electrons. The van der Waals surface area contributed by atoms with Gasteiger partial charge in [0.15, 0.2) is 0 Å². The highest BCUT2D eigenvalue weighted by Gasteiger charge is 2.31. The Hall–Kier alpha value is -3.69. The standard InChI is InChI=1S/C23H17ClN2O6S/c24-18-7-9-22-17(13-18)10-11-25(22)33(31,32)20-3-1-2-15(12-20)4-5-16-6-8-19(26(29)30)14-21(16)23(27)28/h1-9,12-14H,10-11H2,(H,27,28). The van der Waals surface area contributed by atoms with Gasteiger partial charge in [0.1, 0.15) is 0 Å². The second-order valence-electron chi connectivity index (χ2n) is 7.34. The fourth-order valence-corrected chi connectivity index (χ4v) is 5.42. The van der Waals surface area contributed by atoms with E-state index >= 15 is 0 Å². The molecule has 0 atom stereocenters. The summed E-state index contributed by atoms with van der Waals surface area (Å²) >= 11 is 6.02. The summed E-state index contributed by atoms with van der Waals surface area (Å²) in [4.78, 5) is 21.9. The van der Waals surface area contributed by atoms with Gasteiger partial charge in [0.05, 0.1) is 21.1 Å². The fourth-order valence-electron chi connectivity index (χ4n) is 3.67. The van der Waals surface area contributed by atoms with E-state index in [2.05, 4.69) is 0 Å². The summed E-state index contributed by atoms with van der Waals surface area (Å²) in [6.07, 6.45) is 3.60. The van der Waals surface area contributed by atoms with Crippen LogP contribution in [-0.2, 0) is 16.4 Å². The van der Waals surface area contributed by atoms with Crippen LogP contribution in [0, 0.1) is 10.1 Å². The molecule has 0 spiro atoms. The third-order valence-electron chi connectivity index (χ3n) is 5.27. The molecule has 0 fully saturated rings. The van der Waals surface area contributed by atoms with Gasteiger partial charge in [-0.25, -0.2) is 13.2 Å². The zero-order valence-electron chi connectivity index (χ0n) is 17.0. The lowest BCUT2D eigenvalue weighted by Gasteiger charge is -2.20. The number of sulfonamides is 1. The number of nitro groups is 1. The number of halogens is 1. The van der Waals surface area contributed by atoms with Gasteiger partial charge in [-0.3, -0.25) is 14.4 Å². The first kappa shape index (κ1) is 22.5. The Morgan fingerprint density at radius 1 is 1.09 bits per heavy atom. The lowest BCUT2D eigenvalue weighted by Crippen LogP contribution is -2.29. The van der Waals surface area contributed by atoms with E-state index in [9.17, 15) is 28.4 Å². The highest BCUT2D eigenvalue weighted by atomic mass is 35.5. The number of non-ortho nitro benzene ring substituents is 1. The van der Waals surface area contributed by atoms with Crippen molar-refractivity contribution in [3.8, 4) is 0 Å². The molecular formula is C23H17ClN2O6S. The number of carboxylic acids is 1. The number of rotatable bonds is 6. The molecule has 0 aromatic heterocycles. The van der Waals surface area contributed by atoms with E-state index in [0.717, 1.165) is 11.6 Å². The molecule has 33 heavy (non-hydrogen) atoms. The first-order chi connectivity index (χ1) is 15.7. The number of benzene rings is 3. The van der Waals surface area contributed by atoms with Crippen LogP contribution in [-0.4, -0.2) is 31.0 Å². The fraction of sp³-hybridized carbons (Fsp3) is 0.0870. The van der Waals surface area contributed by atoms with E-state index in [1.54, 1.807) is 36.4 Å². The summed E-state index contributed by atoms with van der Waals surface area (Å²) < 4.78 is 27.9.